The van der Waals surface area contributed by atoms with Crippen molar-refractivity contribution in [2.75, 3.05) is 12.4 Å². The normalized spacial score (nSPS) is 10.5. The van der Waals surface area contributed by atoms with Crippen molar-refractivity contribution in [1.82, 2.24) is 4.98 Å². The van der Waals surface area contributed by atoms with E-state index in [1.54, 1.807) is 43.6 Å². The van der Waals surface area contributed by atoms with Crippen LogP contribution < -0.4 is 14.8 Å². The van der Waals surface area contributed by atoms with Crippen molar-refractivity contribution in [3.05, 3.63) is 90.6 Å². The first kappa shape index (κ1) is 17.5. The topological polar surface area (TPSA) is 60.5 Å². The van der Waals surface area contributed by atoms with Crippen LogP contribution in [-0.2, 0) is 0 Å². The Morgan fingerprint density at radius 1 is 0.857 bits per heavy atom. The predicted molar refractivity (Wildman–Crippen MR) is 109 cm³/mol. The van der Waals surface area contributed by atoms with Crippen molar-refractivity contribution >= 4 is 22.5 Å². The zero-order chi connectivity index (χ0) is 19.3. The van der Waals surface area contributed by atoms with Gasteiger partial charge in [-0.05, 0) is 48.5 Å². The maximum atomic E-state index is 12.7. The molecule has 0 radical (unpaired) electrons. The minimum Gasteiger partial charge on any atom is -0.493 e. The summed E-state index contributed by atoms with van der Waals surface area (Å²) in [5.74, 6) is 1.75. The van der Waals surface area contributed by atoms with E-state index < -0.39 is 0 Å². The Balaban J connectivity index is 1.51. The second-order valence-corrected chi connectivity index (χ2v) is 6.11. The molecule has 138 valence electrons. The molecule has 0 aliphatic heterocycles. The van der Waals surface area contributed by atoms with Crippen LogP contribution in [-0.4, -0.2) is 18.0 Å². The summed E-state index contributed by atoms with van der Waals surface area (Å²) in [5, 5.41) is 3.74. The summed E-state index contributed by atoms with van der Waals surface area (Å²) < 4.78 is 11.1. The van der Waals surface area contributed by atoms with E-state index in [9.17, 15) is 4.79 Å². The van der Waals surface area contributed by atoms with Gasteiger partial charge in [0.05, 0.1) is 18.2 Å². The van der Waals surface area contributed by atoms with Crippen LogP contribution in [0.4, 0.5) is 5.69 Å². The number of aromatic nitrogens is 1. The van der Waals surface area contributed by atoms with Gasteiger partial charge in [-0.25, -0.2) is 0 Å². The Morgan fingerprint density at radius 2 is 1.57 bits per heavy atom. The molecule has 28 heavy (non-hydrogen) atoms. The van der Waals surface area contributed by atoms with E-state index >= 15 is 0 Å². The van der Waals surface area contributed by atoms with Crippen molar-refractivity contribution in [2.24, 2.45) is 0 Å². The number of pyridine rings is 1. The van der Waals surface area contributed by atoms with Crippen molar-refractivity contribution in [1.29, 1.82) is 0 Å². The molecule has 5 nitrogen and oxygen atoms in total. The highest BCUT2D eigenvalue weighted by molar-refractivity contribution is 6.12. The molecule has 0 atom stereocenters. The monoisotopic (exact) mass is 370 g/mol. The lowest BCUT2D eigenvalue weighted by molar-refractivity contribution is 0.102. The third-order valence-electron chi connectivity index (χ3n) is 4.30. The number of carbonyl (C=O) groups excluding carboxylic acids is 1. The molecular weight excluding hydrogens is 352 g/mol. The fraction of sp³-hybridized carbons (Fsp3) is 0.0435. The van der Waals surface area contributed by atoms with Crippen molar-refractivity contribution in [3.8, 4) is 17.2 Å². The van der Waals surface area contributed by atoms with Gasteiger partial charge in [-0.3, -0.25) is 9.78 Å². The number of methoxy groups -OCH3 is 1. The van der Waals surface area contributed by atoms with E-state index in [0.717, 1.165) is 10.9 Å². The molecule has 1 N–H and O–H groups in total. The van der Waals surface area contributed by atoms with Crippen LogP contribution in [0.2, 0.25) is 0 Å². The van der Waals surface area contributed by atoms with E-state index in [0.29, 0.717) is 28.5 Å². The van der Waals surface area contributed by atoms with Gasteiger partial charge < -0.3 is 14.8 Å². The SMILES string of the molecule is COc1ccccc1Oc1ccc(NC(=O)c2ccnc3ccccc23)cc1. The van der Waals surface area contributed by atoms with E-state index in [4.69, 9.17) is 9.47 Å². The Kier molecular flexibility index (Phi) is 4.89. The van der Waals surface area contributed by atoms with Crippen molar-refractivity contribution in [2.45, 2.75) is 0 Å². The number of nitrogens with one attached hydrogen (secondary N) is 1. The summed E-state index contributed by atoms with van der Waals surface area (Å²) in [6.45, 7) is 0. The fourth-order valence-corrected chi connectivity index (χ4v) is 2.93. The second-order valence-electron chi connectivity index (χ2n) is 6.11. The molecule has 5 heteroatoms. The molecule has 1 amide bonds. The van der Waals surface area contributed by atoms with Gasteiger partial charge in [-0.1, -0.05) is 30.3 Å². The van der Waals surface area contributed by atoms with Gasteiger partial charge in [0.1, 0.15) is 5.75 Å². The van der Waals surface area contributed by atoms with Crippen LogP contribution >= 0.6 is 0 Å². The van der Waals surface area contributed by atoms with Gasteiger partial charge >= 0.3 is 0 Å². The highest BCUT2D eigenvalue weighted by atomic mass is 16.5. The van der Waals surface area contributed by atoms with Gasteiger partial charge in [-0.2, -0.15) is 0 Å². The molecule has 0 saturated carbocycles. The molecule has 3 aromatic carbocycles. The van der Waals surface area contributed by atoms with Gasteiger partial charge in [-0.15, -0.1) is 0 Å². The van der Waals surface area contributed by atoms with E-state index in [2.05, 4.69) is 10.3 Å². The zero-order valence-corrected chi connectivity index (χ0v) is 15.3. The maximum absolute atomic E-state index is 12.7. The molecule has 4 rings (SSSR count). The van der Waals surface area contributed by atoms with Crippen LogP contribution in [0.1, 0.15) is 10.4 Å². The first-order valence-corrected chi connectivity index (χ1v) is 8.80. The number of nitrogens with zero attached hydrogens (tertiary/aromatic N) is 1. The first-order chi connectivity index (χ1) is 13.7. The molecule has 1 heterocycles. The number of ether oxygens (including phenoxy) is 2. The Hall–Kier alpha value is -3.86. The quantitative estimate of drug-likeness (QED) is 0.519. The van der Waals surface area contributed by atoms with Crippen LogP contribution in [0.5, 0.6) is 17.2 Å². The number of hydrogen-bond acceptors (Lipinski definition) is 4. The summed E-state index contributed by atoms with van der Waals surface area (Å²) in [6, 6.07) is 23.9. The molecule has 0 aliphatic carbocycles. The predicted octanol–water partition coefficient (Wildman–Crippen LogP) is 5.29. The number of carbonyl (C=O) groups is 1. The van der Waals surface area contributed by atoms with Crippen LogP contribution in [0, 0.1) is 0 Å². The maximum Gasteiger partial charge on any atom is 0.256 e. The largest absolute Gasteiger partial charge is 0.493 e. The zero-order valence-electron chi connectivity index (χ0n) is 15.3. The standard InChI is InChI=1S/C23H18N2O3/c1-27-21-8-4-5-9-22(21)28-17-12-10-16(11-13-17)25-23(26)19-14-15-24-20-7-3-2-6-18(19)20/h2-15H,1H3,(H,25,26). The number of para-hydroxylation sites is 3. The molecule has 0 bridgehead atoms. The molecule has 0 spiro atoms. The lowest BCUT2D eigenvalue weighted by Gasteiger charge is -2.11. The average Bonchev–Trinajstić information content (AvgIpc) is 2.75. The molecule has 0 saturated heterocycles. The minimum atomic E-state index is -0.183. The summed E-state index contributed by atoms with van der Waals surface area (Å²) in [6.07, 6.45) is 1.64. The lowest BCUT2D eigenvalue weighted by atomic mass is 10.1. The highest BCUT2D eigenvalue weighted by Gasteiger charge is 2.11. The molecule has 1 aromatic heterocycles. The second kappa shape index (κ2) is 7.80. The van der Waals surface area contributed by atoms with Gasteiger partial charge in [0.25, 0.3) is 5.91 Å². The molecule has 4 aromatic rings. The number of anilines is 1. The summed E-state index contributed by atoms with van der Waals surface area (Å²) in [5.41, 5.74) is 2.05. The van der Waals surface area contributed by atoms with Gasteiger partial charge in [0.2, 0.25) is 0 Å². The van der Waals surface area contributed by atoms with E-state index in [1.807, 2.05) is 48.5 Å². The first-order valence-electron chi connectivity index (χ1n) is 8.80. The lowest BCUT2D eigenvalue weighted by Crippen LogP contribution is -2.12. The highest BCUT2D eigenvalue weighted by Crippen LogP contribution is 2.31. The van der Waals surface area contributed by atoms with Crippen molar-refractivity contribution < 1.29 is 14.3 Å². The third kappa shape index (κ3) is 3.64. The third-order valence-corrected chi connectivity index (χ3v) is 4.30. The Morgan fingerprint density at radius 3 is 2.36 bits per heavy atom. The molecular formula is C23H18N2O3. The number of hydrogen-bond donors (Lipinski definition) is 1. The molecule has 0 fully saturated rings. The van der Waals surface area contributed by atoms with Crippen LogP contribution in [0.3, 0.4) is 0 Å². The minimum absolute atomic E-state index is 0.183. The number of fused-ring (bicyclic) bond motifs is 1. The van der Waals surface area contributed by atoms with Gasteiger partial charge in [0.15, 0.2) is 11.5 Å². The van der Waals surface area contributed by atoms with Crippen LogP contribution in [0.25, 0.3) is 10.9 Å². The number of benzene rings is 3. The summed E-state index contributed by atoms with van der Waals surface area (Å²) >= 11 is 0. The fourth-order valence-electron chi connectivity index (χ4n) is 2.93. The van der Waals surface area contributed by atoms with E-state index in [1.165, 1.54) is 0 Å². The number of rotatable bonds is 5. The van der Waals surface area contributed by atoms with Gasteiger partial charge in [0, 0.05) is 17.3 Å². The average molecular weight is 370 g/mol. The van der Waals surface area contributed by atoms with E-state index in [-0.39, 0.29) is 5.91 Å². The Bertz CT molecular complexity index is 1120. The summed E-state index contributed by atoms with van der Waals surface area (Å²) in [7, 11) is 1.60. The number of amides is 1. The summed E-state index contributed by atoms with van der Waals surface area (Å²) in [4.78, 5) is 17.0. The molecule has 0 unspecified atom stereocenters. The Labute approximate surface area is 162 Å². The smallest absolute Gasteiger partial charge is 0.256 e. The molecule has 0 aliphatic rings. The van der Waals surface area contributed by atoms with Crippen LogP contribution in [0.15, 0.2) is 85.1 Å². The van der Waals surface area contributed by atoms with Crippen molar-refractivity contribution in [3.63, 3.8) is 0 Å².